The van der Waals surface area contributed by atoms with Gasteiger partial charge in [-0.3, -0.25) is 29.4 Å². The fraction of sp³-hybridized carbons (Fsp3) is 0.200. The number of carbonyl (C=O) groups is 5. The Hall–Kier alpha value is -5.84. The Morgan fingerprint density at radius 2 is 1.17 bits per heavy atom. The van der Waals surface area contributed by atoms with Gasteiger partial charge in [0, 0.05) is 59.7 Å². The van der Waals surface area contributed by atoms with Crippen LogP contribution in [0.3, 0.4) is 0 Å². The van der Waals surface area contributed by atoms with E-state index in [1.165, 1.54) is 22.8 Å². The summed E-state index contributed by atoms with van der Waals surface area (Å²) >= 11 is 3.01. The minimum Gasteiger partial charge on any atom is -0.388 e. The number of carbonyl (C=O) groups excluding carboxylic acids is 5. The van der Waals surface area contributed by atoms with Crippen molar-refractivity contribution in [2.45, 2.75) is 6.42 Å². The lowest BCUT2D eigenvalue weighted by molar-refractivity contribution is -0.112. The second-order valence-corrected chi connectivity index (χ2v) is 11.5. The molecule has 246 valence electrons. The molecular weight excluding hydrogens is 674 g/mol. The SMILES string of the molecule is C=C(Br)C(=O)Nc1cc(C(=O)Nc2cc(C(=O)Nc3cc(C(=O)Nc4ccc(C(=O)NCCC(=N)N)n4C)n(C)c3)n(C)c2)n(C)c1. The average Bonchev–Trinajstić information content (AvgIpc) is 3.74. The van der Waals surface area contributed by atoms with Gasteiger partial charge in [0.25, 0.3) is 29.5 Å². The van der Waals surface area contributed by atoms with Crippen LogP contribution in [-0.4, -0.2) is 60.2 Å². The first-order chi connectivity index (χ1) is 22.1. The molecule has 0 bridgehead atoms. The highest BCUT2D eigenvalue weighted by Gasteiger charge is 2.20. The van der Waals surface area contributed by atoms with Gasteiger partial charge in [0.05, 0.1) is 27.4 Å². The summed E-state index contributed by atoms with van der Waals surface area (Å²) in [5.74, 6) is -1.89. The highest BCUT2D eigenvalue weighted by atomic mass is 79.9. The summed E-state index contributed by atoms with van der Waals surface area (Å²) in [4.78, 5) is 63.5. The first-order valence-electron chi connectivity index (χ1n) is 14.0. The third-order valence-corrected chi connectivity index (χ3v) is 7.37. The summed E-state index contributed by atoms with van der Waals surface area (Å²) in [5, 5.41) is 20.8. The Morgan fingerprint density at radius 3 is 1.62 bits per heavy atom. The summed E-state index contributed by atoms with van der Waals surface area (Å²) in [6.45, 7) is 3.73. The minimum atomic E-state index is -0.479. The molecule has 0 atom stereocenters. The molecule has 8 N–H and O–H groups in total. The standard InChI is InChI=1S/C30H34BrN11O5/c1-16(31)26(43)35-17-10-21(39(2)13-17)28(45)36-18-11-22(40(3)14-18)29(46)37-19-12-23(41(4)15-19)30(47)38-25-7-6-20(42(25)5)27(44)34-9-8-24(32)33/h6-7,10-15H,1,8-9H2,2-5H3,(H3,32,33)(H,34,44)(H,35,43)(H,36,45)(H,37,46)(H,38,47). The molecule has 16 nitrogen and oxygen atoms in total. The molecule has 4 aromatic heterocycles. The summed E-state index contributed by atoms with van der Waals surface area (Å²) < 4.78 is 6.31. The Kier molecular flexibility index (Phi) is 10.2. The minimum absolute atomic E-state index is 0.0361. The van der Waals surface area contributed by atoms with E-state index in [1.54, 1.807) is 72.6 Å². The number of hydrogen-bond donors (Lipinski definition) is 7. The van der Waals surface area contributed by atoms with Gasteiger partial charge in [-0.1, -0.05) is 6.58 Å². The number of hydrogen-bond acceptors (Lipinski definition) is 6. The van der Waals surface area contributed by atoms with Crippen LogP contribution in [-0.2, 0) is 33.0 Å². The van der Waals surface area contributed by atoms with Crippen molar-refractivity contribution in [3.8, 4) is 0 Å². The molecule has 5 amide bonds. The second kappa shape index (κ2) is 14.1. The molecule has 0 saturated carbocycles. The van der Waals surface area contributed by atoms with Gasteiger partial charge in [0.2, 0.25) is 0 Å². The van der Waals surface area contributed by atoms with Gasteiger partial charge in [-0.25, -0.2) is 0 Å². The third-order valence-electron chi connectivity index (χ3n) is 7.01. The van der Waals surface area contributed by atoms with Crippen LogP contribution in [0.4, 0.5) is 22.9 Å². The van der Waals surface area contributed by atoms with E-state index in [2.05, 4.69) is 49.1 Å². The van der Waals surface area contributed by atoms with Crippen molar-refractivity contribution in [1.82, 2.24) is 23.6 Å². The van der Waals surface area contributed by atoms with E-state index in [0.717, 1.165) is 0 Å². The van der Waals surface area contributed by atoms with Gasteiger partial charge in [-0.15, -0.1) is 0 Å². The molecule has 0 unspecified atom stereocenters. The Bertz CT molecular complexity index is 1930. The molecule has 0 aliphatic heterocycles. The fourth-order valence-electron chi connectivity index (χ4n) is 4.61. The van der Waals surface area contributed by atoms with Crippen LogP contribution in [0.2, 0.25) is 0 Å². The molecule has 0 aliphatic rings. The second-order valence-electron chi connectivity index (χ2n) is 10.6. The molecule has 0 fully saturated rings. The van der Waals surface area contributed by atoms with Gasteiger partial charge in [0.15, 0.2) is 0 Å². The summed E-state index contributed by atoms with van der Waals surface area (Å²) in [6.07, 6.45) is 4.96. The molecule has 0 radical (unpaired) electrons. The van der Waals surface area contributed by atoms with Gasteiger partial charge in [-0.2, -0.15) is 0 Å². The van der Waals surface area contributed by atoms with Crippen LogP contribution >= 0.6 is 15.9 Å². The van der Waals surface area contributed by atoms with Crippen LogP contribution in [0.15, 0.2) is 60.0 Å². The fourth-order valence-corrected chi connectivity index (χ4v) is 4.71. The third kappa shape index (κ3) is 8.06. The van der Waals surface area contributed by atoms with E-state index in [4.69, 9.17) is 11.1 Å². The van der Waals surface area contributed by atoms with Crippen molar-refractivity contribution in [3.05, 3.63) is 82.8 Å². The molecule has 0 aliphatic carbocycles. The van der Waals surface area contributed by atoms with E-state index in [0.29, 0.717) is 28.6 Å². The predicted octanol–water partition coefficient (Wildman–Crippen LogP) is 2.70. The topological polar surface area (TPSA) is 215 Å². The Balaban J connectivity index is 1.39. The van der Waals surface area contributed by atoms with Crippen LogP contribution in [0.25, 0.3) is 0 Å². The van der Waals surface area contributed by atoms with Gasteiger partial charge in [0.1, 0.15) is 28.6 Å². The molecular formula is C30H34BrN11O5. The lowest BCUT2D eigenvalue weighted by Crippen LogP contribution is -2.29. The van der Waals surface area contributed by atoms with Gasteiger partial charge < -0.3 is 50.6 Å². The van der Waals surface area contributed by atoms with Crippen molar-refractivity contribution in [2.75, 3.05) is 27.8 Å². The first kappa shape index (κ1) is 34.0. The number of aryl methyl sites for hydroxylation is 3. The number of nitrogens with two attached hydrogens (primary N) is 1. The highest BCUT2D eigenvalue weighted by molar-refractivity contribution is 9.12. The molecule has 0 spiro atoms. The van der Waals surface area contributed by atoms with E-state index >= 15 is 0 Å². The molecule has 4 heterocycles. The number of amides is 5. The Labute approximate surface area is 277 Å². The zero-order valence-corrected chi connectivity index (χ0v) is 27.6. The molecule has 47 heavy (non-hydrogen) atoms. The maximum Gasteiger partial charge on any atom is 0.273 e. The summed E-state index contributed by atoms with van der Waals surface area (Å²) in [7, 11) is 6.58. The Morgan fingerprint density at radius 1 is 0.723 bits per heavy atom. The number of halogens is 1. The lowest BCUT2D eigenvalue weighted by atomic mass is 10.3. The van der Waals surface area contributed by atoms with Crippen molar-refractivity contribution < 1.29 is 24.0 Å². The largest absolute Gasteiger partial charge is 0.388 e. The van der Waals surface area contributed by atoms with E-state index in [1.807, 2.05) is 0 Å². The normalized spacial score (nSPS) is 10.7. The van der Waals surface area contributed by atoms with Gasteiger partial charge in [-0.05, 0) is 46.3 Å². The number of amidine groups is 1. The molecule has 0 aromatic carbocycles. The monoisotopic (exact) mass is 707 g/mol. The maximum absolute atomic E-state index is 13.2. The zero-order valence-electron chi connectivity index (χ0n) is 26.0. The first-order valence-corrected chi connectivity index (χ1v) is 14.8. The van der Waals surface area contributed by atoms with E-state index in [9.17, 15) is 24.0 Å². The smallest absolute Gasteiger partial charge is 0.273 e. The molecule has 17 heteroatoms. The highest BCUT2D eigenvalue weighted by Crippen LogP contribution is 2.21. The summed E-state index contributed by atoms with van der Waals surface area (Å²) in [5.41, 5.74) is 7.51. The van der Waals surface area contributed by atoms with Gasteiger partial charge >= 0.3 is 0 Å². The quantitative estimate of drug-likeness (QED) is 0.0667. The molecule has 4 rings (SSSR count). The lowest BCUT2D eigenvalue weighted by Gasteiger charge is -2.10. The van der Waals surface area contributed by atoms with Crippen LogP contribution in [0.1, 0.15) is 48.4 Å². The maximum atomic E-state index is 13.2. The number of aromatic nitrogens is 4. The summed E-state index contributed by atoms with van der Waals surface area (Å²) in [6, 6.07) is 7.67. The van der Waals surface area contributed by atoms with Crippen molar-refractivity contribution in [1.29, 1.82) is 5.41 Å². The van der Waals surface area contributed by atoms with Crippen LogP contribution in [0, 0.1) is 5.41 Å². The van der Waals surface area contributed by atoms with Crippen molar-refractivity contribution in [3.63, 3.8) is 0 Å². The van der Waals surface area contributed by atoms with E-state index < -0.39 is 23.6 Å². The van der Waals surface area contributed by atoms with E-state index in [-0.39, 0.29) is 46.3 Å². The van der Waals surface area contributed by atoms with Crippen molar-refractivity contribution in [2.24, 2.45) is 33.9 Å². The number of nitrogens with zero attached hydrogens (tertiary/aromatic N) is 4. The predicted molar refractivity (Wildman–Crippen MR) is 181 cm³/mol. The number of rotatable bonds is 12. The number of nitrogens with one attached hydrogen (secondary N) is 6. The molecule has 4 aromatic rings. The average molecular weight is 709 g/mol. The van der Waals surface area contributed by atoms with Crippen LogP contribution in [0.5, 0.6) is 0 Å². The van der Waals surface area contributed by atoms with Crippen molar-refractivity contribution >= 4 is 74.2 Å². The van der Waals surface area contributed by atoms with Crippen LogP contribution < -0.4 is 32.3 Å². The zero-order chi connectivity index (χ0) is 34.6. The number of anilines is 4. The molecule has 0 saturated heterocycles.